The lowest BCUT2D eigenvalue weighted by Gasteiger charge is -2.38. The number of esters is 1. The number of carboxylic acids is 1. The zero-order valence-corrected chi connectivity index (χ0v) is 9.60. The van der Waals surface area contributed by atoms with E-state index in [1.807, 2.05) is 0 Å². The van der Waals surface area contributed by atoms with E-state index < -0.39 is 17.4 Å². The molecule has 4 nitrogen and oxygen atoms in total. The first-order valence-corrected chi connectivity index (χ1v) is 5.52. The number of aliphatic carboxylic acids is 1. The average molecular weight is 234 g/mol. The van der Waals surface area contributed by atoms with Gasteiger partial charge in [-0.15, -0.1) is 0 Å². The Bertz CT molecular complexity index is 443. The molecule has 0 spiro atoms. The number of rotatable bonds is 3. The maximum absolute atomic E-state index is 11.3. The van der Waals surface area contributed by atoms with Gasteiger partial charge < -0.3 is 9.84 Å². The summed E-state index contributed by atoms with van der Waals surface area (Å²) >= 11 is 0. The third kappa shape index (κ3) is 1.79. The van der Waals surface area contributed by atoms with Crippen molar-refractivity contribution in [2.45, 2.75) is 24.7 Å². The van der Waals surface area contributed by atoms with Crippen LogP contribution in [0.25, 0.3) is 0 Å². The van der Waals surface area contributed by atoms with Crippen LogP contribution in [0.2, 0.25) is 0 Å². The standard InChI is InChI=1S/C13H14O4/c1-17-11(14)9-3-5-10(6-4-9)13(12(15)16)7-2-8-13/h3-6H,2,7-8H2,1H3,(H,15,16). The molecule has 0 atom stereocenters. The monoisotopic (exact) mass is 234 g/mol. The SMILES string of the molecule is COC(=O)c1ccc(C2(C(=O)O)CCC2)cc1. The number of hydrogen-bond donors (Lipinski definition) is 1. The van der Waals surface area contributed by atoms with Crippen LogP contribution < -0.4 is 0 Å². The summed E-state index contributed by atoms with van der Waals surface area (Å²) in [6, 6.07) is 6.65. The number of carboxylic acid groups (broad SMARTS) is 1. The van der Waals surface area contributed by atoms with Gasteiger partial charge in [-0.2, -0.15) is 0 Å². The van der Waals surface area contributed by atoms with Gasteiger partial charge in [0.25, 0.3) is 0 Å². The van der Waals surface area contributed by atoms with Gasteiger partial charge in [-0.05, 0) is 30.5 Å². The van der Waals surface area contributed by atoms with E-state index in [4.69, 9.17) is 0 Å². The highest BCUT2D eigenvalue weighted by atomic mass is 16.5. The first kappa shape index (κ1) is 11.6. The zero-order chi connectivity index (χ0) is 12.5. The summed E-state index contributed by atoms with van der Waals surface area (Å²) in [4.78, 5) is 22.5. The summed E-state index contributed by atoms with van der Waals surface area (Å²) in [7, 11) is 1.32. The van der Waals surface area contributed by atoms with Gasteiger partial charge in [0.05, 0.1) is 18.1 Å². The van der Waals surface area contributed by atoms with E-state index in [-0.39, 0.29) is 0 Å². The molecular formula is C13H14O4. The molecule has 1 fully saturated rings. The Kier molecular flexibility index (Phi) is 2.88. The number of ether oxygens (including phenoxy) is 1. The summed E-state index contributed by atoms with van der Waals surface area (Å²) in [6.45, 7) is 0. The van der Waals surface area contributed by atoms with Crippen molar-refractivity contribution in [3.63, 3.8) is 0 Å². The third-order valence-electron chi connectivity index (χ3n) is 3.48. The van der Waals surface area contributed by atoms with Crippen molar-refractivity contribution >= 4 is 11.9 Å². The molecule has 1 aliphatic carbocycles. The second-order valence-electron chi connectivity index (χ2n) is 4.31. The predicted octanol–water partition coefficient (Wildman–Crippen LogP) is 1.98. The highest BCUT2D eigenvalue weighted by Gasteiger charge is 2.45. The third-order valence-corrected chi connectivity index (χ3v) is 3.48. The Hall–Kier alpha value is -1.84. The van der Waals surface area contributed by atoms with E-state index in [9.17, 15) is 14.7 Å². The smallest absolute Gasteiger partial charge is 0.337 e. The Morgan fingerprint density at radius 3 is 2.18 bits per heavy atom. The first-order valence-electron chi connectivity index (χ1n) is 5.52. The summed E-state index contributed by atoms with van der Waals surface area (Å²) in [5.74, 6) is -1.19. The number of methoxy groups -OCH3 is 1. The van der Waals surface area contributed by atoms with Crippen LogP contribution in [0.3, 0.4) is 0 Å². The van der Waals surface area contributed by atoms with Crippen molar-refractivity contribution in [1.82, 2.24) is 0 Å². The van der Waals surface area contributed by atoms with Gasteiger partial charge in [-0.1, -0.05) is 18.6 Å². The molecule has 0 bridgehead atoms. The molecule has 0 heterocycles. The van der Waals surface area contributed by atoms with Crippen molar-refractivity contribution in [2.24, 2.45) is 0 Å². The van der Waals surface area contributed by atoms with Crippen LogP contribution in [0.15, 0.2) is 24.3 Å². The van der Waals surface area contributed by atoms with Crippen LogP contribution in [-0.4, -0.2) is 24.2 Å². The second kappa shape index (κ2) is 4.20. The fourth-order valence-electron chi connectivity index (χ4n) is 2.20. The molecule has 0 saturated heterocycles. The quantitative estimate of drug-likeness (QED) is 0.812. The van der Waals surface area contributed by atoms with Gasteiger partial charge in [0.1, 0.15) is 0 Å². The highest BCUT2D eigenvalue weighted by molar-refractivity contribution is 5.90. The summed E-state index contributed by atoms with van der Waals surface area (Å²) in [5, 5.41) is 9.27. The largest absolute Gasteiger partial charge is 0.481 e. The lowest BCUT2D eigenvalue weighted by Crippen LogP contribution is -2.42. The molecular weight excluding hydrogens is 220 g/mol. The van der Waals surface area contributed by atoms with Gasteiger partial charge in [0.2, 0.25) is 0 Å². The van der Waals surface area contributed by atoms with Crippen LogP contribution in [0.1, 0.15) is 35.2 Å². The van der Waals surface area contributed by atoms with Crippen molar-refractivity contribution in [2.75, 3.05) is 7.11 Å². The van der Waals surface area contributed by atoms with Gasteiger partial charge in [-0.3, -0.25) is 4.79 Å². The Balaban J connectivity index is 2.29. The molecule has 0 aliphatic heterocycles. The molecule has 0 unspecified atom stereocenters. The summed E-state index contributed by atoms with van der Waals surface area (Å²) in [5.41, 5.74) is 0.467. The van der Waals surface area contributed by atoms with Crippen LogP contribution in [0, 0.1) is 0 Å². The molecule has 1 N–H and O–H groups in total. The lowest BCUT2D eigenvalue weighted by atomic mass is 9.64. The number of carbonyl (C=O) groups excluding carboxylic acids is 1. The normalized spacial score (nSPS) is 17.0. The van der Waals surface area contributed by atoms with Crippen LogP contribution in [0.4, 0.5) is 0 Å². The molecule has 2 rings (SSSR count). The summed E-state index contributed by atoms with van der Waals surface area (Å²) < 4.78 is 4.59. The Labute approximate surface area is 99.2 Å². The van der Waals surface area contributed by atoms with E-state index in [2.05, 4.69) is 4.74 Å². The molecule has 90 valence electrons. The molecule has 0 amide bonds. The van der Waals surface area contributed by atoms with Gasteiger partial charge in [-0.25, -0.2) is 4.79 Å². The van der Waals surface area contributed by atoms with E-state index in [1.54, 1.807) is 24.3 Å². The van der Waals surface area contributed by atoms with E-state index in [0.717, 1.165) is 12.0 Å². The summed E-state index contributed by atoms with van der Waals surface area (Å²) in [6.07, 6.45) is 2.27. The first-order chi connectivity index (χ1) is 8.10. The van der Waals surface area contributed by atoms with E-state index in [0.29, 0.717) is 18.4 Å². The van der Waals surface area contributed by atoms with Crippen molar-refractivity contribution in [1.29, 1.82) is 0 Å². The fourth-order valence-corrected chi connectivity index (χ4v) is 2.20. The average Bonchev–Trinajstić information content (AvgIpc) is 2.27. The molecule has 1 aromatic carbocycles. The van der Waals surface area contributed by atoms with Crippen molar-refractivity contribution in [3.05, 3.63) is 35.4 Å². The lowest BCUT2D eigenvalue weighted by molar-refractivity contribution is -0.147. The van der Waals surface area contributed by atoms with Crippen LogP contribution in [-0.2, 0) is 14.9 Å². The van der Waals surface area contributed by atoms with Crippen molar-refractivity contribution < 1.29 is 19.4 Å². The second-order valence-corrected chi connectivity index (χ2v) is 4.31. The molecule has 0 radical (unpaired) electrons. The molecule has 1 aliphatic rings. The van der Waals surface area contributed by atoms with Crippen molar-refractivity contribution in [3.8, 4) is 0 Å². The molecule has 1 saturated carbocycles. The minimum absolute atomic E-state index is 0.408. The highest BCUT2D eigenvalue weighted by Crippen LogP contribution is 2.43. The number of benzene rings is 1. The molecule has 4 heteroatoms. The van der Waals surface area contributed by atoms with Crippen LogP contribution >= 0.6 is 0 Å². The van der Waals surface area contributed by atoms with E-state index >= 15 is 0 Å². The van der Waals surface area contributed by atoms with Gasteiger partial charge in [0.15, 0.2) is 0 Å². The molecule has 17 heavy (non-hydrogen) atoms. The zero-order valence-electron chi connectivity index (χ0n) is 9.60. The molecule has 0 aromatic heterocycles. The van der Waals surface area contributed by atoms with Crippen LogP contribution in [0.5, 0.6) is 0 Å². The molecule has 1 aromatic rings. The van der Waals surface area contributed by atoms with Gasteiger partial charge in [0, 0.05) is 0 Å². The minimum Gasteiger partial charge on any atom is -0.481 e. The maximum Gasteiger partial charge on any atom is 0.337 e. The Morgan fingerprint density at radius 2 is 1.82 bits per heavy atom. The predicted molar refractivity (Wildman–Crippen MR) is 60.9 cm³/mol. The van der Waals surface area contributed by atoms with Gasteiger partial charge >= 0.3 is 11.9 Å². The number of carbonyl (C=O) groups is 2. The fraction of sp³-hybridized carbons (Fsp3) is 0.385. The topological polar surface area (TPSA) is 63.6 Å². The Morgan fingerprint density at radius 1 is 1.24 bits per heavy atom. The maximum atomic E-state index is 11.3. The van der Waals surface area contributed by atoms with E-state index in [1.165, 1.54) is 7.11 Å². The number of hydrogen-bond acceptors (Lipinski definition) is 3. The minimum atomic E-state index is -0.783.